The van der Waals surface area contributed by atoms with Gasteiger partial charge in [-0.25, -0.2) is 0 Å². The fourth-order valence-electron chi connectivity index (χ4n) is 0.990. The van der Waals surface area contributed by atoms with Crippen LogP contribution in [0.3, 0.4) is 0 Å². The van der Waals surface area contributed by atoms with Crippen molar-refractivity contribution in [2.45, 2.75) is 0 Å². The molecule has 1 heterocycles. The first-order valence-electron chi connectivity index (χ1n) is 5.22. The second kappa shape index (κ2) is 9.40. The molecule has 0 aromatic heterocycles. The maximum atomic E-state index is 5.10. The van der Waals surface area contributed by atoms with E-state index >= 15 is 0 Å². The molecular weight excluding hydrogens is 178 g/mol. The summed E-state index contributed by atoms with van der Waals surface area (Å²) in [5.41, 5.74) is 0. The van der Waals surface area contributed by atoms with Crippen LogP contribution in [0.15, 0.2) is 0 Å². The Morgan fingerprint density at radius 1 is 1.29 bits per heavy atom. The van der Waals surface area contributed by atoms with Gasteiger partial charge >= 0.3 is 0 Å². The summed E-state index contributed by atoms with van der Waals surface area (Å²) < 4.78 is 5.10. The summed E-state index contributed by atoms with van der Waals surface area (Å²) in [6.45, 7) is 6.22. The van der Waals surface area contributed by atoms with Crippen molar-refractivity contribution < 1.29 is 4.74 Å². The minimum Gasteiger partial charge on any atom is -0.379 e. The Morgan fingerprint density at radius 2 is 1.86 bits per heavy atom. The monoisotopic (exact) mass is 203 g/mol. The molecule has 1 rings (SSSR count). The van der Waals surface area contributed by atoms with Gasteiger partial charge in [-0.15, -0.1) is 0 Å². The van der Waals surface area contributed by atoms with Crippen LogP contribution in [-0.2, 0) is 4.74 Å². The van der Waals surface area contributed by atoms with Crippen LogP contribution < -0.4 is 5.32 Å². The second-order valence-corrected chi connectivity index (χ2v) is 3.82. The number of nitrogens with one attached hydrogen (secondary N) is 1. The smallest absolute Gasteiger partial charge is 0.0594 e. The van der Waals surface area contributed by atoms with E-state index in [0.717, 1.165) is 39.4 Å². The molecule has 0 spiro atoms. The third-order valence-electron chi connectivity index (χ3n) is 2.04. The maximum Gasteiger partial charge on any atom is 0.0594 e. The average molecular weight is 203 g/mol. The molecule has 1 N–H and O–H groups in total. The topological polar surface area (TPSA) is 27.7 Å². The first-order chi connectivity index (χ1) is 6.66. The lowest BCUT2D eigenvalue weighted by Gasteiger charge is -2.21. The van der Waals surface area contributed by atoms with Crippen LogP contribution in [0.2, 0.25) is 0 Å². The van der Waals surface area contributed by atoms with E-state index in [1.807, 2.05) is 7.05 Å². The number of likely N-dealkylation sites (N-methyl/N-ethyl adjacent to an activating group) is 3. The number of morpholine rings is 1. The third kappa shape index (κ3) is 9.92. The molecule has 1 aliphatic heterocycles. The molecule has 0 atom stereocenters. The summed E-state index contributed by atoms with van der Waals surface area (Å²) in [6, 6.07) is 0. The number of hydrogen-bond donors (Lipinski definition) is 1. The van der Waals surface area contributed by atoms with Crippen LogP contribution in [0, 0.1) is 0 Å². The van der Waals surface area contributed by atoms with Crippen molar-refractivity contribution in [2.75, 3.05) is 67.6 Å². The Balaban J connectivity index is 0.000000241. The lowest BCUT2D eigenvalue weighted by molar-refractivity contribution is 0.0503. The summed E-state index contributed by atoms with van der Waals surface area (Å²) in [4.78, 5) is 4.42. The summed E-state index contributed by atoms with van der Waals surface area (Å²) in [7, 11) is 8.21. The zero-order chi connectivity index (χ0) is 10.8. The van der Waals surface area contributed by atoms with E-state index in [0.29, 0.717) is 0 Å². The minimum atomic E-state index is 0.913. The van der Waals surface area contributed by atoms with Crippen molar-refractivity contribution in [3.63, 3.8) is 0 Å². The molecule has 0 radical (unpaired) electrons. The first kappa shape index (κ1) is 13.8. The lowest BCUT2D eigenvalue weighted by Crippen LogP contribution is -2.32. The van der Waals surface area contributed by atoms with E-state index < -0.39 is 0 Å². The van der Waals surface area contributed by atoms with E-state index in [1.165, 1.54) is 0 Å². The van der Waals surface area contributed by atoms with Crippen molar-refractivity contribution in [1.82, 2.24) is 15.1 Å². The van der Waals surface area contributed by atoms with Crippen LogP contribution in [0.5, 0.6) is 0 Å². The highest BCUT2D eigenvalue weighted by Crippen LogP contribution is 1.89. The maximum absolute atomic E-state index is 5.10. The van der Waals surface area contributed by atoms with Crippen molar-refractivity contribution >= 4 is 0 Å². The lowest BCUT2D eigenvalue weighted by atomic mass is 10.5. The molecule has 86 valence electrons. The highest BCUT2D eigenvalue weighted by molar-refractivity contribution is 4.53. The highest BCUT2D eigenvalue weighted by Gasteiger charge is 2.02. The first-order valence-corrected chi connectivity index (χ1v) is 5.22. The SMILES string of the molecule is CN1CCOCC1.CNCCN(C)C. The molecule has 4 nitrogen and oxygen atoms in total. The van der Waals surface area contributed by atoms with Gasteiger partial charge in [-0.05, 0) is 28.2 Å². The van der Waals surface area contributed by atoms with Gasteiger partial charge in [-0.1, -0.05) is 0 Å². The molecule has 4 heteroatoms. The normalized spacial score (nSPS) is 17.8. The summed E-state index contributed by atoms with van der Waals surface area (Å²) in [6.07, 6.45) is 0. The van der Waals surface area contributed by atoms with Gasteiger partial charge in [0.2, 0.25) is 0 Å². The zero-order valence-electron chi connectivity index (χ0n) is 10.0. The van der Waals surface area contributed by atoms with Crippen molar-refractivity contribution in [2.24, 2.45) is 0 Å². The van der Waals surface area contributed by atoms with Crippen molar-refractivity contribution in [3.05, 3.63) is 0 Å². The summed E-state index contributed by atoms with van der Waals surface area (Å²) >= 11 is 0. The van der Waals surface area contributed by atoms with Crippen molar-refractivity contribution in [3.8, 4) is 0 Å². The molecule has 0 saturated carbocycles. The highest BCUT2D eigenvalue weighted by atomic mass is 16.5. The molecular formula is C10H25N3O. The number of rotatable bonds is 3. The van der Waals surface area contributed by atoms with Crippen LogP contribution in [0.4, 0.5) is 0 Å². The molecule has 14 heavy (non-hydrogen) atoms. The Labute approximate surface area is 88.2 Å². The largest absolute Gasteiger partial charge is 0.379 e. The van der Waals surface area contributed by atoms with Gasteiger partial charge in [-0.2, -0.15) is 0 Å². The standard InChI is InChI=1S/C5H14N2.C5H11NO/c1-6-4-5-7(2)3;1-6-2-4-7-5-3-6/h6H,4-5H2,1-3H3;2-5H2,1H3. The van der Waals surface area contributed by atoms with E-state index in [9.17, 15) is 0 Å². The Kier molecular flexibility index (Phi) is 9.29. The summed E-state index contributed by atoms with van der Waals surface area (Å²) in [5.74, 6) is 0. The third-order valence-corrected chi connectivity index (χ3v) is 2.04. The van der Waals surface area contributed by atoms with Crippen LogP contribution in [0.1, 0.15) is 0 Å². The van der Waals surface area contributed by atoms with Crippen LogP contribution in [-0.4, -0.2) is 77.4 Å². The van der Waals surface area contributed by atoms with Gasteiger partial charge in [0.05, 0.1) is 13.2 Å². The fourth-order valence-corrected chi connectivity index (χ4v) is 0.990. The molecule has 0 unspecified atom stereocenters. The Bertz CT molecular complexity index is 114. The Morgan fingerprint density at radius 3 is 2.07 bits per heavy atom. The predicted molar refractivity (Wildman–Crippen MR) is 60.8 cm³/mol. The van der Waals surface area contributed by atoms with Gasteiger partial charge in [0.25, 0.3) is 0 Å². The van der Waals surface area contributed by atoms with Gasteiger partial charge in [0.15, 0.2) is 0 Å². The van der Waals surface area contributed by atoms with Gasteiger partial charge in [-0.3, -0.25) is 0 Å². The van der Waals surface area contributed by atoms with Gasteiger partial charge in [0.1, 0.15) is 0 Å². The minimum absolute atomic E-state index is 0.913. The average Bonchev–Trinajstić information content (AvgIpc) is 2.17. The molecule has 0 aromatic carbocycles. The number of ether oxygens (including phenoxy) is 1. The molecule has 0 aromatic rings. The van der Waals surface area contributed by atoms with E-state index in [4.69, 9.17) is 4.74 Å². The molecule has 1 saturated heterocycles. The molecule has 0 aliphatic carbocycles. The number of nitrogens with zero attached hydrogens (tertiary/aromatic N) is 2. The fraction of sp³-hybridized carbons (Fsp3) is 1.00. The summed E-state index contributed by atoms with van der Waals surface area (Å²) in [5, 5.41) is 3.06. The van der Waals surface area contributed by atoms with Crippen LogP contribution in [0.25, 0.3) is 0 Å². The van der Waals surface area contributed by atoms with E-state index in [2.05, 4.69) is 36.3 Å². The number of hydrogen-bond acceptors (Lipinski definition) is 4. The van der Waals surface area contributed by atoms with Crippen LogP contribution >= 0.6 is 0 Å². The molecule has 1 fully saturated rings. The zero-order valence-corrected chi connectivity index (χ0v) is 10.0. The van der Waals surface area contributed by atoms with Gasteiger partial charge in [0, 0.05) is 26.2 Å². The molecule has 0 amide bonds. The molecule has 1 aliphatic rings. The van der Waals surface area contributed by atoms with Crippen molar-refractivity contribution in [1.29, 1.82) is 0 Å². The quantitative estimate of drug-likeness (QED) is 0.682. The van der Waals surface area contributed by atoms with E-state index in [1.54, 1.807) is 0 Å². The Hall–Kier alpha value is -0.160. The van der Waals surface area contributed by atoms with E-state index in [-0.39, 0.29) is 0 Å². The molecule has 0 bridgehead atoms. The second-order valence-electron chi connectivity index (χ2n) is 3.82. The van der Waals surface area contributed by atoms with Gasteiger partial charge < -0.3 is 19.9 Å². The predicted octanol–water partition coefficient (Wildman–Crippen LogP) is -0.284.